The summed E-state index contributed by atoms with van der Waals surface area (Å²) in [5.41, 5.74) is 1.20. The van der Waals surface area contributed by atoms with Crippen LogP contribution in [0.2, 0.25) is 0 Å². The van der Waals surface area contributed by atoms with E-state index < -0.39 is 0 Å². The van der Waals surface area contributed by atoms with Crippen LogP contribution in [-0.2, 0) is 0 Å². The number of hydrogen-bond acceptors (Lipinski definition) is 1. The molecule has 0 bridgehead atoms. The standard InChI is InChI=1S/C11H13BrO/c1-8-10(12)6-3-7-11(8)13-9-4-2-5-9/h3,6-7,9H,2,4-5H2,1H3. The van der Waals surface area contributed by atoms with Gasteiger partial charge in [0.05, 0.1) is 6.10 Å². The Morgan fingerprint density at radius 3 is 2.77 bits per heavy atom. The second-order valence-electron chi connectivity index (χ2n) is 3.53. The van der Waals surface area contributed by atoms with Gasteiger partial charge in [-0.2, -0.15) is 0 Å². The molecule has 13 heavy (non-hydrogen) atoms. The fourth-order valence-corrected chi connectivity index (χ4v) is 1.73. The third-order valence-electron chi connectivity index (χ3n) is 2.56. The molecule has 0 N–H and O–H groups in total. The van der Waals surface area contributed by atoms with Crippen LogP contribution < -0.4 is 4.74 Å². The predicted octanol–water partition coefficient (Wildman–Crippen LogP) is 3.69. The summed E-state index contributed by atoms with van der Waals surface area (Å²) >= 11 is 3.50. The maximum Gasteiger partial charge on any atom is 0.123 e. The van der Waals surface area contributed by atoms with Crippen molar-refractivity contribution in [2.24, 2.45) is 0 Å². The number of ether oxygens (including phenoxy) is 1. The van der Waals surface area contributed by atoms with Gasteiger partial charge in [-0.1, -0.05) is 22.0 Å². The first-order valence-electron chi connectivity index (χ1n) is 4.69. The highest BCUT2D eigenvalue weighted by molar-refractivity contribution is 9.10. The second-order valence-corrected chi connectivity index (χ2v) is 4.39. The van der Waals surface area contributed by atoms with Gasteiger partial charge in [0, 0.05) is 10.0 Å². The van der Waals surface area contributed by atoms with Crippen LogP contribution in [0, 0.1) is 6.92 Å². The maximum atomic E-state index is 5.83. The van der Waals surface area contributed by atoms with Crippen molar-refractivity contribution in [1.29, 1.82) is 0 Å². The topological polar surface area (TPSA) is 9.23 Å². The molecule has 2 heteroatoms. The van der Waals surface area contributed by atoms with Crippen LogP contribution in [0.4, 0.5) is 0 Å². The zero-order valence-electron chi connectivity index (χ0n) is 7.72. The molecule has 1 fully saturated rings. The van der Waals surface area contributed by atoms with E-state index >= 15 is 0 Å². The van der Waals surface area contributed by atoms with E-state index in [0.717, 1.165) is 10.2 Å². The Kier molecular flexibility index (Phi) is 2.58. The Morgan fingerprint density at radius 1 is 1.38 bits per heavy atom. The monoisotopic (exact) mass is 240 g/mol. The molecule has 0 amide bonds. The Balaban J connectivity index is 2.14. The van der Waals surface area contributed by atoms with Crippen LogP contribution in [-0.4, -0.2) is 6.10 Å². The quantitative estimate of drug-likeness (QED) is 0.767. The van der Waals surface area contributed by atoms with Gasteiger partial charge in [0.25, 0.3) is 0 Å². The van der Waals surface area contributed by atoms with E-state index in [9.17, 15) is 0 Å². The Labute approximate surface area is 87.2 Å². The largest absolute Gasteiger partial charge is 0.490 e. The molecule has 0 unspecified atom stereocenters. The lowest BCUT2D eigenvalue weighted by Gasteiger charge is -2.27. The van der Waals surface area contributed by atoms with Gasteiger partial charge in [-0.15, -0.1) is 0 Å². The summed E-state index contributed by atoms with van der Waals surface area (Å²) in [6, 6.07) is 6.10. The zero-order valence-corrected chi connectivity index (χ0v) is 9.30. The molecule has 0 atom stereocenters. The average Bonchev–Trinajstić information content (AvgIpc) is 2.04. The highest BCUT2D eigenvalue weighted by Gasteiger charge is 2.19. The molecule has 70 valence electrons. The number of hydrogen-bond donors (Lipinski definition) is 0. The first-order chi connectivity index (χ1) is 6.27. The van der Waals surface area contributed by atoms with E-state index in [4.69, 9.17) is 4.74 Å². The number of benzene rings is 1. The van der Waals surface area contributed by atoms with Crippen LogP contribution in [0.5, 0.6) is 5.75 Å². The van der Waals surface area contributed by atoms with Crippen LogP contribution in [0.3, 0.4) is 0 Å². The molecule has 1 saturated carbocycles. The van der Waals surface area contributed by atoms with Crippen molar-refractivity contribution in [1.82, 2.24) is 0 Å². The van der Waals surface area contributed by atoms with E-state index in [-0.39, 0.29) is 0 Å². The molecule has 0 aliphatic heterocycles. The minimum atomic E-state index is 0.466. The average molecular weight is 241 g/mol. The molecule has 2 rings (SSSR count). The van der Waals surface area contributed by atoms with Gasteiger partial charge in [0.1, 0.15) is 5.75 Å². The van der Waals surface area contributed by atoms with Crippen molar-refractivity contribution in [2.75, 3.05) is 0 Å². The van der Waals surface area contributed by atoms with Gasteiger partial charge in [0.15, 0.2) is 0 Å². The normalized spacial score (nSPS) is 16.8. The van der Waals surface area contributed by atoms with Gasteiger partial charge >= 0.3 is 0 Å². The fraction of sp³-hybridized carbons (Fsp3) is 0.455. The lowest BCUT2D eigenvalue weighted by molar-refractivity contribution is 0.119. The third-order valence-corrected chi connectivity index (χ3v) is 3.42. The molecule has 1 aromatic carbocycles. The molecule has 0 heterocycles. The molecule has 1 aromatic rings. The van der Waals surface area contributed by atoms with Crippen LogP contribution in [0.25, 0.3) is 0 Å². The minimum Gasteiger partial charge on any atom is -0.490 e. The molecule has 1 aliphatic carbocycles. The van der Waals surface area contributed by atoms with Crippen LogP contribution in [0.1, 0.15) is 24.8 Å². The van der Waals surface area contributed by atoms with Gasteiger partial charge in [0.2, 0.25) is 0 Å². The molecular formula is C11H13BrO. The molecule has 1 aliphatic rings. The lowest BCUT2D eigenvalue weighted by Crippen LogP contribution is -2.24. The summed E-state index contributed by atoms with van der Waals surface area (Å²) < 4.78 is 6.96. The van der Waals surface area contributed by atoms with E-state index in [1.807, 2.05) is 18.2 Å². The zero-order chi connectivity index (χ0) is 9.26. The SMILES string of the molecule is Cc1c(Br)cccc1OC1CCC1. The molecule has 0 saturated heterocycles. The number of rotatable bonds is 2. The second kappa shape index (κ2) is 3.70. The summed E-state index contributed by atoms with van der Waals surface area (Å²) in [6.45, 7) is 2.08. The molecular weight excluding hydrogens is 228 g/mol. The van der Waals surface area contributed by atoms with Crippen LogP contribution in [0.15, 0.2) is 22.7 Å². The fourth-order valence-electron chi connectivity index (χ4n) is 1.38. The van der Waals surface area contributed by atoms with E-state index in [0.29, 0.717) is 6.10 Å². The van der Waals surface area contributed by atoms with Gasteiger partial charge in [-0.05, 0) is 38.3 Å². The highest BCUT2D eigenvalue weighted by Crippen LogP contribution is 2.30. The summed E-state index contributed by atoms with van der Waals surface area (Å²) in [5.74, 6) is 1.03. The summed E-state index contributed by atoms with van der Waals surface area (Å²) in [5, 5.41) is 0. The van der Waals surface area contributed by atoms with E-state index in [2.05, 4.69) is 22.9 Å². The maximum absolute atomic E-state index is 5.83. The van der Waals surface area contributed by atoms with Gasteiger partial charge < -0.3 is 4.74 Å². The summed E-state index contributed by atoms with van der Waals surface area (Å²) in [7, 11) is 0. The van der Waals surface area contributed by atoms with Crippen molar-refractivity contribution in [3.05, 3.63) is 28.2 Å². The van der Waals surface area contributed by atoms with Crippen molar-refractivity contribution >= 4 is 15.9 Å². The van der Waals surface area contributed by atoms with Crippen LogP contribution >= 0.6 is 15.9 Å². The lowest BCUT2D eigenvalue weighted by atomic mass is 9.96. The molecule has 0 aromatic heterocycles. The highest BCUT2D eigenvalue weighted by atomic mass is 79.9. The Bertz CT molecular complexity index is 305. The Hall–Kier alpha value is -0.500. The predicted molar refractivity (Wildman–Crippen MR) is 57.1 cm³/mol. The van der Waals surface area contributed by atoms with Gasteiger partial charge in [-0.3, -0.25) is 0 Å². The van der Waals surface area contributed by atoms with Gasteiger partial charge in [-0.25, -0.2) is 0 Å². The van der Waals surface area contributed by atoms with Crippen molar-refractivity contribution in [2.45, 2.75) is 32.3 Å². The van der Waals surface area contributed by atoms with E-state index in [1.54, 1.807) is 0 Å². The third kappa shape index (κ3) is 1.88. The smallest absolute Gasteiger partial charge is 0.123 e. The summed E-state index contributed by atoms with van der Waals surface area (Å²) in [6.07, 6.45) is 4.21. The van der Waals surface area contributed by atoms with Crippen molar-refractivity contribution in [3.63, 3.8) is 0 Å². The summed E-state index contributed by atoms with van der Waals surface area (Å²) in [4.78, 5) is 0. The molecule has 0 spiro atoms. The first-order valence-corrected chi connectivity index (χ1v) is 5.48. The molecule has 1 nitrogen and oxygen atoms in total. The first kappa shape index (κ1) is 9.07. The van der Waals surface area contributed by atoms with E-state index in [1.165, 1.54) is 24.8 Å². The van der Waals surface area contributed by atoms with Crippen molar-refractivity contribution in [3.8, 4) is 5.75 Å². The Morgan fingerprint density at radius 2 is 2.15 bits per heavy atom. The minimum absolute atomic E-state index is 0.466. The molecule has 0 radical (unpaired) electrons. The number of halogens is 1. The van der Waals surface area contributed by atoms with Crippen molar-refractivity contribution < 1.29 is 4.74 Å².